The molecule has 3 aromatic carbocycles. The van der Waals surface area contributed by atoms with E-state index >= 15 is 0 Å². The lowest BCUT2D eigenvalue weighted by Crippen LogP contribution is -2.20. The van der Waals surface area contributed by atoms with Crippen molar-refractivity contribution in [2.75, 3.05) is 0 Å². The summed E-state index contributed by atoms with van der Waals surface area (Å²) in [6.45, 7) is 1.89. The van der Waals surface area contributed by atoms with E-state index in [0.29, 0.717) is 11.3 Å². The predicted octanol–water partition coefficient (Wildman–Crippen LogP) is 5.78. The Labute approximate surface area is 169 Å². The molecule has 4 rings (SSSR count). The molecule has 1 aliphatic rings. The first-order valence-electron chi connectivity index (χ1n) is 9.79. The molecule has 4 nitrogen and oxygen atoms in total. The molecular weight excluding hydrogens is 364 g/mol. The third-order valence-corrected chi connectivity index (χ3v) is 5.41. The second-order valence-electron chi connectivity index (χ2n) is 7.35. The summed E-state index contributed by atoms with van der Waals surface area (Å²) in [5, 5.41) is 11.4. The topological polar surface area (TPSA) is 63.6 Å². The molecule has 0 aromatic heterocycles. The molecule has 0 aliphatic heterocycles. The summed E-state index contributed by atoms with van der Waals surface area (Å²) < 4.78 is 5.83. The number of benzene rings is 3. The Bertz CT molecular complexity index is 1120. The van der Waals surface area contributed by atoms with E-state index in [1.54, 1.807) is 18.2 Å². The highest BCUT2D eigenvalue weighted by atomic mass is 16.5. The van der Waals surface area contributed by atoms with Gasteiger partial charge in [0.05, 0.1) is 11.5 Å². The minimum atomic E-state index is -0.984. The Balaban J connectivity index is 1.88. The number of aryl methyl sites for hydroxylation is 1. The van der Waals surface area contributed by atoms with E-state index in [1.165, 1.54) is 0 Å². The maximum atomic E-state index is 12.7. The molecule has 29 heavy (non-hydrogen) atoms. The van der Waals surface area contributed by atoms with E-state index in [-0.39, 0.29) is 17.5 Å². The number of carbonyl (C=O) groups excluding carboxylic acids is 1. The van der Waals surface area contributed by atoms with Crippen molar-refractivity contribution in [3.8, 4) is 16.9 Å². The van der Waals surface area contributed by atoms with Gasteiger partial charge in [-0.05, 0) is 60.4 Å². The van der Waals surface area contributed by atoms with Crippen LogP contribution < -0.4 is 4.74 Å². The Morgan fingerprint density at radius 1 is 1.03 bits per heavy atom. The molecular formula is C25H22O4. The van der Waals surface area contributed by atoms with Crippen LogP contribution in [0.4, 0.5) is 0 Å². The lowest BCUT2D eigenvalue weighted by Gasteiger charge is -2.18. The molecule has 1 unspecified atom stereocenters. The van der Waals surface area contributed by atoms with Gasteiger partial charge in [-0.15, -0.1) is 0 Å². The van der Waals surface area contributed by atoms with Crippen molar-refractivity contribution in [2.45, 2.75) is 26.2 Å². The molecule has 1 N–H and O–H groups in total. The molecule has 0 amide bonds. The van der Waals surface area contributed by atoms with Gasteiger partial charge < -0.3 is 9.84 Å². The Hall–Kier alpha value is -3.40. The van der Waals surface area contributed by atoms with E-state index in [4.69, 9.17) is 4.74 Å². The SMILES string of the molecule is Cc1cccc(C(=O)O)c1-c1cccc2cccc(OC(=O)C3C=CCCC3)c12. The number of hydrogen-bond acceptors (Lipinski definition) is 3. The number of rotatable bonds is 4. The van der Waals surface area contributed by atoms with Crippen LogP contribution in [-0.2, 0) is 4.79 Å². The molecule has 3 aromatic rings. The van der Waals surface area contributed by atoms with Crippen molar-refractivity contribution in [3.05, 3.63) is 77.9 Å². The number of aromatic carboxylic acids is 1. The highest BCUT2D eigenvalue weighted by Gasteiger charge is 2.22. The van der Waals surface area contributed by atoms with Crippen LogP contribution >= 0.6 is 0 Å². The summed E-state index contributed by atoms with van der Waals surface area (Å²) >= 11 is 0. The predicted molar refractivity (Wildman–Crippen MR) is 113 cm³/mol. The zero-order valence-electron chi connectivity index (χ0n) is 16.2. The van der Waals surface area contributed by atoms with E-state index in [1.807, 2.05) is 55.5 Å². The molecule has 0 bridgehead atoms. The van der Waals surface area contributed by atoms with Crippen LogP contribution in [0, 0.1) is 12.8 Å². The molecule has 0 radical (unpaired) electrons. The van der Waals surface area contributed by atoms with Crippen molar-refractivity contribution in [1.82, 2.24) is 0 Å². The Kier molecular flexibility index (Phi) is 5.17. The summed E-state index contributed by atoms with van der Waals surface area (Å²) in [5.41, 5.74) is 2.48. The normalized spacial score (nSPS) is 16.0. The summed E-state index contributed by atoms with van der Waals surface area (Å²) in [6, 6.07) is 16.5. The quantitative estimate of drug-likeness (QED) is 0.351. The zero-order valence-corrected chi connectivity index (χ0v) is 16.2. The number of carboxylic acids is 1. The highest BCUT2D eigenvalue weighted by Crippen LogP contribution is 2.39. The monoisotopic (exact) mass is 386 g/mol. The fraction of sp³-hybridized carbons (Fsp3) is 0.200. The first-order valence-corrected chi connectivity index (χ1v) is 9.79. The first kappa shape index (κ1) is 18.9. The summed E-state index contributed by atoms with van der Waals surface area (Å²) in [4.78, 5) is 24.6. The van der Waals surface area contributed by atoms with Gasteiger partial charge in [-0.1, -0.05) is 54.6 Å². The van der Waals surface area contributed by atoms with Crippen molar-refractivity contribution < 1.29 is 19.4 Å². The second kappa shape index (κ2) is 7.92. The van der Waals surface area contributed by atoms with Gasteiger partial charge in [0.1, 0.15) is 5.75 Å². The number of allylic oxidation sites excluding steroid dienone is 1. The second-order valence-corrected chi connectivity index (χ2v) is 7.35. The minimum absolute atomic E-state index is 0.230. The smallest absolute Gasteiger partial charge is 0.336 e. The number of carbonyl (C=O) groups is 2. The summed E-state index contributed by atoms with van der Waals surface area (Å²) in [7, 11) is 0. The minimum Gasteiger partial charge on any atom is -0.478 e. The Morgan fingerprint density at radius 3 is 2.52 bits per heavy atom. The van der Waals surface area contributed by atoms with E-state index in [0.717, 1.165) is 41.2 Å². The number of esters is 1. The van der Waals surface area contributed by atoms with Crippen LogP contribution in [0.15, 0.2) is 66.7 Å². The third-order valence-electron chi connectivity index (χ3n) is 5.41. The fourth-order valence-corrected chi connectivity index (χ4v) is 4.00. The molecule has 1 atom stereocenters. The summed E-state index contributed by atoms with van der Waals surface area (Å²) in [5.74, 6) is -1.03. The van der Waals surface area contributed by atoms with Crippen LogP contribution in [-0.4, -0.2) is 17.0 Å². The first-order chi connectivity index (χ1) is 14.1. The van der Waals surface area contributed by atoms with Gasteiger partial charge in [0.15, 0.2) is 0 Å². The van der Waals surface area contributed by atoms with Gasteiger partial charge in [-0.25, -0.2) is 4.79 Å². The Morgan fingerprint density at radius 2 is 1.79 bits per heavy atom. The van der Waals surface area contributed by atoms with Gasteiger partial charge >= 0.3 is 11.9 Å². The number of hydrogen-bond donors (Lipinski definition) is 1. The molecule has 1 aliphatic carbocycles. The highest BCUT2D eigenvalue weighted by molar-refractivity contribution is 6.07. The molecule has 0 saturated heterocycles. The van der Waals surface area contributed by atoms with Crippen LogP contribution in [0.1, 0.15) is 35.2 Å². The van der Waals surface area contributed by atoms with Crippen LogP contribution in [0.25, 0.3) is 21.9 Å². The van der Waals surface area contributed by atoms with Gasteiger partial charge in [0.2, 0.25) is 0 Å². The van der Waals surface area contributed by atoms with Gasteiger partial charge in [-0.2, -0.15) is 0 Å². The van der Waals surface area contributed by atoms with Crippen LogP contribution in [0.2, 0.25) is 0 Å². The van der Waals surface area contributed by atoms with Crippen LogP contribution in [0.5, 0.6) is 5.75 Å². The van der Waals surface area contributed by atoms with Crippen molar-refractivity contribution in [2.24, 2.45) is 5.92 Å². The summed E-state index contributed by atoms with van der Waals surface area (Å²) in [6.07, 6.45) is 6.70. The fourth-order valence-electron chi connectivity index (χ4n) is 4.00. The maximum absolute atomic E-state index is 12.7. The molecule has 0 fully saturated rings. The lowest BCUT2D eigenvalue weighted by atomic mass is 9.91. The maximum Gasteiger partial charge on any atom is 0.336 e. The van der Waals surface area contributed by atoms with Gasteiger partial charge in [0.25, 0.3) is 0 Å². The van der Waals surface area contributed by atoms with Crippen molar-refractivity contribution in [1.29, 1.82) is 0 Å². The van der Waals surface area contributed by atoms with E-state index < -0.39 is 5.97 Å². The molecule has 4 heteroatoms. The third kappa shape index (κ3) is 3.66. The average molecular weight is 386 g/mol. The lowest BCUT2D eigenvalue weighted by molar-refractivity contribution is -0.137. The van der Waals surface area contributed by atoms with Crippen molar-refractivity contribution >= 4 is 22.7 Å². The van der Waals surface area contributed by atoms with Crippen LogP contribution in [0.3, 0.4) is 0 Å². The molecule has 0 saturated carbocycles. The largest absolute Gasteiger partial charge is 0.478 e. The van der Waals surface area contributed by atoms with E-state index in [9.17, 15) is 14.7 Å². The van der Waals surface area contributed by atoms with E-state index in [2.05, 4.69) is 0 Å². The molecule has 0 heterocycles. The molecule has 0 spiro atoms. The number of fused-ring (bicyclic) bond motifs is 1. The number of ether oxygens (including phenoxy) is 1. The molecule has 146 valence electrons. The van der Waals surface area contributed by atoms with Gasteiger partial charge in [-0.3, -0.25) is 4.79 Å². The number of carboxylic acid groups (broad SMARTS) is 1. The zero-order chi connectivity index (χ0) is 20.4. The van der Waals surface area contributed by atoms with Crippen molar-refractivity contribution in [3.63, 3.8) is 0 Å². The average Bonchev–Trinajstić information content (AvgIpc) is 2.74. The van der Waals surface area contributed by atoms with Gasteiger partial charge in [0, 0.05) is 5.39 Å². The standard InChI is InChI=1S/C25H22O4/c1-16-8-5-14-20(24(26)27)22(16)19-13-6-11-17-12-7-15-21(23(17)19)29-25(28)18-9-3-2-4-10-18/h3,5-9,11-15,18H,2,4,10H2,1H3,(H,26,27).